The van der Waals surface area contributed by atoms with E-state index < -0.39 is 5.91 Å². The molecule has 33 heavy (non-hydrogen) atoms. The number of hydrogen-bond acceptors (Lipinski definition) is 5. The van der Waals surface area contributed by atoms with Crippen molar-refractivity contribution in [3.8, 4) is 11.5 Å². The number of aryl methyl sites for hydroxylation is 1. The summed E-state index contributed by atoms with van der Waals surface area (Å²) in [5, 5.41) is 2.49. The predicted molar refractivity (Wildman–Crippen MR) is 133 cm³/mol. The fourth-order valence-electron chi connectivity index (χ4n) is 2.94. The molecule has 178 valence electrons. The van der Waals surface area contributed by atoms with Crippen molar-refractivity contribution < 1.29 is 19.1 Å². The van der Waals surface area contributed by atoms with Crippen LogP contribution in [-0.2, 0) is 11.2 Å². The smallest absolute Gasteiger partial charge is 0.276 e. The maximum atomic E-state index is 12.3. The van der Waals surface area contributed by atoms with Crippen molar-refractivity contribution in [3.05, 3.63) is 59.7 Å². The molecule has 0 bridgehead atoms. The van der Waals surface area contributed by atoms with Gasteiger partial charge in [-0.15, -0.1) is 0 Å². The second kappa shape index (κ2) is 14.8. The fourth-order valence-corrected chi connectivity index (χ4v) is 3.08. The number of nitrogens with one attached hydrogen (secondary N) is 3. The molecule has 0 radical (unpaired) electrons. The number of ether oxygens (including phenoxy) is 2. The van der Waals surface area contributed by atoms with E-state index in [1.165, 1.54) is 24.8 Å². The summed E-state index contributed by atoms with van der Waals surface area (Å²) >= 11 is 5.06. The number of unbranched alkanes of at least 4 members (excludes halogenated alkanes) is 4. The van der Waals surface area contributed by atoms with Crippen molar-refractivity contribution in [2.75, 3.05) is 13.2 Å². The molecule has 2 rings (SSSR count). The average molecular weight is 472 g/mol. The largest absolute Gasteiger partial charge is 0.494 e. The Morgan fingerprint density at radius 3 is 2.12 bits per heavy atom. The van der Waals surface area contributed by atoms with Crippen LogP contribution in [0.4, 0.5) is 0 Å². The van der Waals surface area contributed by atoms with Gasteiger partial charge in [0.2, 0.25) is 0 Å². The third kappa shape index (κ3) is 10.4. The number of carbonyl (C=O) groups excluding carboxylic acids is 2. The fraction of sp³-hybridized carbons (Fsp3) is 0.400. The number of hydrazine groups is 1. The zero-order chi connectivity index (χ0) is 23.9. The van der Waals surface area contributed by atoms with Gasteiger partial charge in [0, 0.05) is 5.56 Å². The molecule has 0 heterocycles. The molecule has 2 aromatic rings. The molecule has 0 saturated carbocycles. The monoisotopic (exact) mass is 471 g/mol. The molecule has 0 spiro atoms. The molecule has 0 aromatic heterocycles. The maximum absolute atomic E-state index is 12.3. The lowest BCUT2D eigenvalue weighted by Gasteiger charge is -2.12. The Hall–Kier alpha value is -3.13. The zero-order valence-electron chi connectivity index (χ0n) is 19.3. The summed E-state index contributed by atoms with van der Waals surface area (Å²) in [6.45, 7) is 4.74. The first-order valence-corrected chi connectivity index (χ1v) is 11.8. The molecule has 0 aliphatic carbocycles. The number of benzene rings is 2. The van der Waals surface area contributed by atoms with E-state index in [9.17, 15) is 9.59 Å². The summed E-state index contributed by atoms with van der Waals surface area (Å²) in [6.07, 6.45) is 6.82. The van der Waals surface area contributed by atoms with Crippen LogP contribution in [0.25, 0.3) is 0 Å². The van der Waals surface area contributed by atoms with E-state index in [-0.39, 0.29) is 17.6 Å². The molecule has 3 N–H and O–H groups in total. The number of amides is 2. The van der Waals surface area contributed by atoms with E-state index in [1.54, 1.807) is 24.3 Å². The van der Waals surface area contributed by atoms with Crippen LogP contribution in [0.3, 0.4) is 0 Å². The summed E-state index contributed by atoms with van der Waals surface area (Å²) < 4.78 is 11.1. The lowest BCUT2D eigenvalue weighted by molar-refractivity contribution is -0.123. The van der Waals surface area contributed by atoms with Gasteiger partial charge in [-0.1, -0.05) is 51.7 Å². The molecular weight excluding hydrogens is 438 g/mol. The van der Waals surface area contributed by atoms with Crippen molar-refractivity contribution in [3.63, 3.8) is 0 Å². The predicted octanol–water partition coefficient (Wildman–Crippen LogP) is 4.31. The molecule has 0 fully saturated rings. The molecule has 0 saturated heterocycles. The van der Waals surface area contributed by atoms with Gasteiger partial charge in [-0.05, 0) is 67.0 Å². The van der Waals surface area contributed by atoms with Crippen molar-refractivity contribution in [2.24, 2.45) is 0 Å². The quantitative estimate of drug-likeness (QED) is 0.243. The number of carbonyl (C=O) groups is 2. The van der Waals surface area contributed by atoms with Gasteiger partial charge in [0.05, 0.1) is 6.61 Å². The summed E-state index contributed by atoms with van der Waals surface area (Å²) in [5.41, 5.74) is 6.51. The van der Waals surface area contributed by atoms with Crippen molar-refractivity contribution >= 4 is 29.1 Å². The van der Waals surface area contributed by atoms with E-state index in [4.69, 9.17) is 21.7 Å². The van der Waals surface area contributed by atoms with Gasteiger partial charge in [-0.2, -0.15) is 0 Å². The Bertz CT molecular complexity index is 886. The number of thiocarbonyl (C=S) groups is 1. The number of hydrogen-bond donors (Lipinski definition) is 3. The maximum Gasteiger partial charge on any atom is 0.276 e. The van der Waals surface area contributed by atoms with Crippen LogP contribution in [-0.4, -0.2) is 30.1 Å². The third-order valence-corrected chi connectivity index (χ3v) is 5.08. The van der Waals surface area contributed by atoms with Crippen molar-refractivity contribution in [1.82, 2.24) is 16.2 Å². The van der Waals surface area contributed by atoms with E-state index in [1.807, 2.05) is 24.3 Å². The lowest BCUT2D eigenvalue weighted by Crippen LogP contribution is -2.49. The van der Waals surface area contributed by atoms with E-state index in [2.05, 4.69) is 30.0 Å². The normalized spacial score (nSPS) is 10.2. The van der Waals surface area contributed by atoms with Crippen LogP contribution in [0, 0.1) is 0 Å². The lowest BCUT2D eigenvalue weighted by atomic mass is 10.2. The van der Waals surface area contributed by atoms with Crippen LogP contribution in [0.1, 0.15) is 61.9 Å². The second-order valence-corrected chi connectivity index (χ2v) is 7.94. The van der Waals surface area contributed by atoms with E-state index in [0.717, 1.165) is 25.0 Å². The van der Waals surface area contributed by atoms with E-state index in [0.29, 0.717) is 17.9 Å². The van der Waals surface area contributed by atoms with Gasteiger partial charge in [0.25, 0.3) is 11.8 Å². The Morgan fingerprint density at radius 1 is 0.818 bits per heavy atom. The molecule has 0 atom stereocenters. The van der Waals surface area contributed by atoms with Crippen LogP contribution in [0.5, 0.6) is 11.5 Å². The highest BCUT2D eigenvalue weighted by Gasteiger charge is 2.09. The highest BCUT2D eigenvalue weighted by molar-refractivity contribution is 7.80. The van der Waals surface area contributed by atoms with Gasteiger partial charge < -0.3 is 9.47 Å². The van der Waals surface area contributed by atoms with Gasteiger partial charge in [-0.3, -0.25) is 25.8 Å². The molecule has 0 aliphatic rings. The van der Waals surface area contributed by atoms with Crippen LogP contribution >= 0.6 is 12.2 Å². The first-order chi connectivity index (χ1) is 16.0. The van der Waals surface area contributed by atoms with Gasteiger partial charge in [-0.25, -0.2) is 0 Å². The Balaban J connectivity index is 1.65. The highest BCUT2D eigenvalue weighted by Crippen LogP contribution is 2.14. The zero-order valence-corrected chi connectivity index (χ0v) is 20.1. The van der Waals surface area contributed by atoms with Crippen molar-refractivity contribution in [2.45, 2.75) is 52.4 Å². The first-order valence-electron chi connectivity index (χ1n) is 11.4. The SMILES string of the molecule is CCCCCCCOc1ccc(C(=O)NC(=S)NNC(=O)COc2ccc(CC)cc2)cc1. The van der Waals surface area contributed by atoms with Crippen LogP contribution < -0.4 is 25.6 Å². The minimum atomic E-state index is -0.428. The summed E-state index contributed by atoms with van der Waals surface area (Å²) in [6, 6.07) is 14.4. The number of rotatable bonds is 12. The molecule has 0 unspecified atom stereocenters. The van der Waals surface area contributed by atoms with Gasteiger partial charge in [0.1, 0.15) is 11.5 Å². The molecular formula is C25H33N3O4S. The second-order valence-electron chi connectivity index (χ2n) is 7.53. The minimum Gasteiger partial charge on any atom is -0.494 e. The van der Waals surface area contributed by atoms with Gasteiger partial charge >= 0.3 is 0 Å². The van der Waals surface area contributed by atoms with Crippen LogP contribution in [0.2, 0.25) is 0 Å². The first kappa shape index (κ1) is 26.1. The van der Waals surface area contributed by atoms with E-state index >= 15 is 0 Å². The Kier molecular flexibility index (Phi) is 11.7. The van der Waals surface area contributed by atoms with Crippen LogP contribution in [0.15, 0.2) is 48.5 Å². The molecule has 2 aromatic carbocycles. The Labute approximate surface area is 201 Å². The third-order valence-electron chi connectivity index (χ3n) is 4.88. The topological polar surface area (TPSA) is 88.7 Å². The molecule has 7 nitrogen and oxygen atoms in total. The average Bonchev–Trinajstić information content (AvgIpc) is 2.84. The minimum absolute atomic E-state index is 0.0203. The highest BCUT2D eigenvalue weighted by atomic mass is 32.1. The summed E-state index contributed by atoms with van der Waals surface area (Å²) in [4.78, 5) is 24.2. The molecule has 8 heteroatoms. The molecule has 2 amide bonds. The summed E-state index contributed by atoms with van der Waals surface area (Å²) in [5.74, 6) is 0.504. The molecule has 0 aliphatic heterocycles. The Morgan fingerprint density at radius 2 is 1.45 bits per heavy atom. The summed E-state index contributed by atoms with van der Waals surface area (Å²) in [7, 11) is 0. The van der Waals surface area contributed by atoms with Crippen molar-refractivity contribution in [1.29, 1.82) is 0 Å². The standard InChI is InChI=1S/C25H33N3O4S/c1-3-5-6-7-8-17-31-21-15-11-20(12-16-21)24(30)26-25(33)28-27-23(29)18-32-22-13-9-19(4-2)10-14-22/h9-16H,3-8,17-18H2,1-2H3,(H,27,29)(H2,26,28,30,33). The van der Waals surface area contributed by atoms with Gasteiger partial charge in [0.15, 0.2) is 11.7 Å².